The van der Waals surface area contributed by atoms with Gasteiger partial charge in [0.2, 0.25) is 0 Å². The van der Waals surface area contributed by atoms with Gasteiger partial charge in [-0.1, -0.05) is 20.6 Å². The van der Waals surface area contributed by atoms with Crippen molar-refractivity contribution in [2.45, 2.75) is 76.3 Å². The zero-order valence-corrected chi connectivity index (χ0v) is 14.8. The molecule has 0 N–H and O–H groups in total. The largest absolute Gasteiger partial charge is 0.511 e. The first-order chi connectivity index (χ1) is 9.37. The second kappa shape index (κ2) is 6.55. The number of nitrogens with zero attached hydrogens (tertiary/aromatic N) is 2. The Labute approximate surface area is 129 Å². The fourth-order valence-corrected chi connectivity index (χ4v) is 6.22. The average Bonchev–Trinajstić information content (AvgIpc) is 2.48. The van der Waals surface area contributed by atoms with Crippen LogP contribution in [0.4, 0.5) is 0 Å². The van der Waals surface area contributed by atoms with Crippen molar-refractivity contribution >= 4 is 11.5 Å². The van der Waals surface area contributed by atoms with Crippen LogP contribution in [0, 0.1) is 0 Å². The van der Waals surface area contributed by atoms with E-state index in [0.717, 1.165) is 0 Å². The molecule has 2 saturated carbocycles. The van der Waals surface area contributed by atoms with E-state index in [9.17, 15) is 4.55 Å². The van der Waals surface area contributed by atoms with Crippen LogP contribution >= 0.6 is 0 Å². The van der Waals surface area contributed by atoms with Crippen molar-refractivity contribution in [3.05, 3.63) is 0 Å². The van der Waals surface area contributed by atoms with Crippen LogP contribution in [-0.2, 0) is 11.5 Å². The molecule has 0 spiro atoms. The molecule has 0 aromatic rings. The van der Waals surface area contributed by atoms with E-state index in [1.54, 1.807) is 0 Å². The molecule has 118 valence electrons. The van der Waals surface area contributed by atoms with Crippen LogP contribution in [0.3, 0.4) is 0 Å². The van der Waals surface area contributed by atoms with E-state index in [-0.39, 0.29) is 0 Å². The molecule has 0 aromatic carbocycles. The van der Waals surface area contributed by atoms with Crippen LogP contribution in [0.5, 0.6) is 0 Å². The van der Waals surface area contributed by atoms with E-state index in [0.29, 0.717) is 19.9 Å². The highest BCUT2D eigenvalue weighted by Crippen LogP contribution is 2.36. The molecular weight excluding hydrogens is 268 g/mol. The van der Waals surface area contributed by atoms with Gasteiger partial charge in [0.25, 0.3) is 0 Å². The Morgan fingerprint density at radius 2 is 0.950 bits per heavy atom. The Morgan fingerprint density at radius 3 is 1.25 bits per heavy atom. The van der Waals surface area contributed by atoms with Crippen molar-refractivity contribution < 1.29 is 12.3 Å². The number of rotatable bonds is 4. The van der Waals surface area contributed by atoms with E-state index in [1.165, 1.54) is 64.2 Å². The SMILES string of the molecule is C[N+](C)(C1CCCCC1)[S+]([O-])[N+](C)(C)C1CCCCC1. The summed E-state index contributed by atoms with van der Waals surface area (Å²) in [7, 11) is 8.81. The fourth-order valence-electron chi connectivity index (χ4n) is 4.20. The summed E-state index contributed by atoms with van der Waals surface area (Å²) in [6.07, 6.45) is 13.0. The van der Waals surface area contributed by atoms with Crippen molar-refractivity contribution in [2.24, 2.45) is 0 Å². The third-order valence-corrected chi connectivity index (χ3v) is 7.92. The number of quaternary nitrogens is 2. The van der Waals surface area contributed by atoms with Gasteiger partial charge in [-0.3, -0.25) is 0 Å². The molecule has 3 nitrogen and oxygen atoms in total. The highest BCUT2D eigenvalue weighted by Gasteiger charge is 2.54. The van der Waals surface area contributed by atoms with Gasteiger partial charge >= 0.3 is 11.5 Å². The van der Waals surface area contributed by atoms with E-state index >= 15 is 0 Å². The molecule has 0 aromatic heterocycles. The van der Waals surface area contributed by atoms with Crippen molar-refractivity contribution in [1.82, 2.24) is 0 Å². The summed E-state index contributed by atoms with van der Waals surface area (Å²) in [4.78, 5) is 0. The van der Waals surface area contributed by atoms with Gasteiger partial charge in [-0.2, -0.15) is 0 Å². The Balaban J connectivity index is 2.08. The van der Waals surface area contributed by atoms with Gasteiger partial charge in [-0.15, -0.1) is 0 Å². The maximum Gasteiger partial charge on any atom is 0.355 e. The Kier molecular flexibility index (Phi) is 5.44. The first-order valence-electron chi connectivity index (χ1n) is 8.47. The predicted octanol–water partition coefficient (Wildman–Crippen LogP) is 3.38. The molecule has 2 fully saturated rings. The van der Waals surface area contributed by atoms with Gasteiger partial charge in [0.05, 0.1) is 0 Å². The van der Waals surface area contributed by atoms with E-state index in [2.05, 4.69) is 28.2 Å². The average molecular weight is 303 g/mol. The van der Waals surface area contributed by atoms with Crippen LogP contribution in [0.15, 0.2) is 0 Å². The van der Waals surface area contributed by atoms with E-state index < -0.39 is 11.5 Å². The van der Waals surface area contributed by atoms with E-state index in [1.807, 2.05) is 0 Å². The lowest BCUT2D eigenvalue weighted by Gasteiger charge is -2.44. The fraction of sp³-hybridized carbons (Fsp3) is 1.00. The minimum absolute atomic E-state index is 0.588. The maximum atomic E-state index is 13.3. The first kappa shape index (κ1) is 16.6. The van der Waals surface area contributed by atoms with Gasteiger partial charge in [0.1, 0.15) is 40.3 Å². The van der Waals surface area contributed by atoms with Crippen molar-refractivity contribution in [1.29, 1.82) is 0 Å². The van der Waals surface area contributed by atoms with Crippen LogP contribution in [0.25, 0.3) is 0 Å². The number of hydrogen-bond acceptors (Lipinski definition) is 1. The van der Waals surface area contributed by atoms with Crippen LogP contribution in [0.1, 0.15) is 64.2 Å². The molecule has 2 aliphatic rings. The van der Waals surface area contributed by atoms with Gasteiger partial charge in [0, 0.05) is 25.7 Å². The normalized spacial score (nSPS) is 24.3. The van der Waals surface area contributed by atoms with Gasteiger partial charge < -0.3 is 4.55 Å². The second-order valence-corrected chi connectivity index (χ2v) is 10.0. The monoisotopic (exact) mass is 302 g/mol. The molecule has 2 aliphatic carbocycles. The summed E-state index contributed by atoms with van der Waals surface area (Å²) < 4.78 is 14.7. The van der Waals surface area contributed by atoms with Crippen molar-refractivity contribution in [3.63, 3.8) is 0 Å². The molecule has 0 amide bonds. The van der Waals surface area contributed by atoms with Crippen LogP contribution in [0.2, 0.25) is 0 Å². The summed E-state index contributed by atoms with van der Waals surface area (Å²) >= 11 is -0.861. The molecule has 4 heteroatoms. The summed E-state index contributed by atoms with van der Waals surface area (Å²) in [6, 6.07) is 1.18. The highest BCUT2D eigenvalue weighted by atomic mass is 32.2. The van der Waals surface area contributed by atoms with Gasteiger partial charge in [0.15, 0.2) is 0 Å². The van der Waals surface area contributed by atoms with Gasteiger partial charge in [-0.05, 0) is 25.7 Å². The lowest BCUT2D eigenvalue weighted by Crippen LogP contribution is -2.67. The highest BCUT2D eigenvalue weighted by molar-refractivity contribution is 7.80. The van der Waals surface area contributed by atoms with Crippen molar-refractivity contribution in [3.8, 4) is 0 Å². The van der Waals surface area contributed by atoms with Crippen LogP contribution in [-0.4, -0.2) is 52.6 Å². The summed E-state index contributed by atoms with van der Waals surface area (Å²) in [5, 5.41) is 0. The van der Waals surface area contributed by atoms with E-state index in [4.69, 9.17) is 0 Å². The molecule has 2 rings (SSSR count). The molecule has 0 atom stereocenters. The smallest absolute Gasteiger partial charge is 0.355 e. The molecule has 0 heterocycles. The molecule has 0 unspecified atom stereocenters. The lowest BCUT2D eigenvalue weighted by atomic mass is 9.95. The zero-order chi connectivity index (χ0) is 14.8. The minimum atomic E-state index is -0.861. The topological polar surface area (TPSA) is 23.1 Å². The predicted molar refractivity (Wildman–Crippen MR) is 86.1 cm³/mol. The Morgan fingerprint density at radius 1 is 0.650 bits per heavy atom. The lowest BCUT2D eigenvalue weighted by molar-refractivity contribution is -0.887. The summed E-state index contributed by atoms with van der Waals surface area (Å²) in [5.74, 6) is 0. The molecule has 0 bridgehead atoms. The van der Waals surface area contributed by atoms with Crippen molar-refractivity contribution in [2.75, 3.05) is 28.2 Å². The summed E-state index contributed by atoms with van der Waals surface area (Å²) in [5.41, 5.74) is 0. The summed E-state index contributed by atoms with van der Waals surface area (Å²) in [6.45, 7) is 0. The number of hydrogen-bond donors (Lipinski definition) is 0. The van der Waals surface area contributed by atoms with Gasteiger partial charge in [-0.25, -0.2) is 0 Å². The maximum absolute atomic E-state index is 13.3. The molecule has 0 aliphatic heterocycles. The molecule has 0 radical (unpaired) electrons. The first-order valence-corrected chi connectivity index (χ1v) is 9.53. The zero-order valence-electron chi connectivity index (χ0n) is 13.9. The Bertz CT molecular complexity index is 278. The van der Waals surface area contributed by atoms with Crippen LogP contribution < -0.4 is 0 Å². The molecule has 0 saturated heterocycles. The quantitative estimate of drug-likeness (QED) is 0.577. The third kappa shape index (κ3) is 3.34. The molecular formula is C16H34N2OS+2. The molecule has 20 heavy (non-hydrogen) atoms. The Hall–Kier alpha value is 0.230. The standard InChI is InChI=1S/C16H34N2OS/c1-17(2,15-11-7-5-8-12-15)20(19)18(3,4)16-13-9-6-10-14-16/h15-16H,5-14H2,1-4H3/q+2. The third-order valence-electron chi connectivity index (χ3n) is 5.71. The second-order valence-electron chi connectivity index (χ2n) is 7.68. The minimum Gasteiger partial charge on any atom is -0.511 e.